The maximum atomic E-state index is 13.1. The van der Waals surface area contributed by atoms with Crippen molar-refractivity contribution in [2.24, 2.45) is 5.10 Å². The summed E-state index contributed by atoms with van der Waals surface area (Å²) in [7, 11) is 4.34. The SMILES string of the molecule is COc1cc(C(=O)Oc2ccccc2/C=C/C(=O)Oc2ccccc2/C=N/NC(=O)c2ccc(NC(=O)c3cccc(C)c3)cc2)cc(OC)c1OC. The molecule has 0 radical (unpaired) electrons. The van der Waals surface area contributed by atoms with Crippen molar-refractivity contribution in [3.05, 3.63) is 149 Å². The zero-order chi connectivity index (χ0) is 37.7. The number of hydrazone groups is 1. The Balaban J connectivity index is 1.19. The molecule has 0 atom stereocenters. The topological polar surface area (TPSA) is 151 Å². The number of aryl methyl sites for hydroxylation is 1. The predicted molar refractivity (Wildman–Crippen MR) is 199 cm³/mol. The third-order valence-corrected chi connectivity index (χ3v) is 7.61. The summed E-state index contributed by atoms with van der Waals surface area (Å²) >= 11 is 0. The number of rotatable bonds is 13. The quantitative estimate of drug-likeness (QED) is 0.0438. The van der Waals surface area contributed by atoms with E-state index >= 15 is 0 Å². The zero-order valence-corrected chi connectivity index (χ0v) is 29.2. The highest BCUT2D eigenvalue weighted by molar-refractivity contribution is 6.04. The van der Waals surface area contributed by atoms with Crippen LogP contribution in [0.4, 0.5) is 5.69 Å². The highest BCUT2D eigenvalue weighted by atomic mass is 16.5. The van der Waals surface area contributed by atoms with Gasteiger partial charge in [-0.05, 0) is 79.7 Å². The average Bonchev–Trinajstić information content (AvgIpc) is 3.17. The van der Waals surface area contributed by atoms with Gasteiger partial charge in [0.2, 0.25) is 5.75 Å². The van der Waals surface area contributed by atoms with Crippen LogP contribution >= 0.6 is 0 Å². The minimum Gasteiger partial charge on any atom is -0.493 e. The number of hydrogen-bond acceptors (Lipinski definition) is 10. The summed E-state index contributed by atoms with van der Waals surface area (Å²) in [4.78, 5) is 51.2. The minimum atomic E-state index is -0.713. The van der Waals surface area contributed by atoms with Crippen molar-refractivity contribution < 1.29 is 42.9 Å². The zero-order valence-electron chi connectivity index (χ0n) is 29.2. The van der Waals surface area contributed by atoms with Crippen LogP contribution in [0.15, 0.2) is 120 Å². The maximum Gasteiger partial charge on any atom is 0.343 e. The van der Waals surface area contributed by atoms with E-state index < -0.39 is 17.8 Å². The van der Waals surface area contributed by atoms with Crippen LogP contribution in [0.2, 0.25) is 0 Å². The maximum absolute atomic E-state index is 13.1. The van der Waals surface area contributed by atoms with Crippen LogP contribution in [0.5, 0.6) is 28.7 Å². The molecule has 0 unspecified atom stereocenters. The predicted octanol–water partition coefficient (Wildman–Crippen LogP) is 6.88. The second-order valence-corrected chi connectivity index (χ2v) is 11.2. The van der Waals surface area contributed by atoms with Gasteiger partial charge in [-0.1, -0.05) is 48.0 Å². The van der Waals surface area contributed by atoms with Crippen molar-refractivity contribution in [3.63, 3.8) is 0 Å². The Bertz CT molecular complexity index is 2170. The van der Waals surface area contributed by atoms with E-state index in [1.165, 1.54) is 51.8 Å². The number of esters is 2. The van der Waals surface area contributed by atoms with Crippen molar-refractivity contribution in [1.29, 1.82) is 0 Å². The van der Waals surface area contributed by atoms with E-state index in [-0.39, 0.29) is 34.5 Å². The van der Waals surface area contributed by atoms with Crippen LogP contribution in [-0.4, -0.2) is 51.3 Å². The van der Waals surface area contributed by atoms with E-state index in [2.05, 4.69) is 15.8 Å². The van der Waals surface area contributed by atoms with Gasteiger partial charge in [0.05, 0.1) is 33.1 Å². The monoisotopic (exact) mass is 713 g/mol. The second-order valence-electron chi connectivity index (χ2n) is 11.2. The largest absolute Gasteiger partial charge is 0.493 e. The van der Waals surface area contributed by atoms with Gasteiger partial charge in [-0.15, -0.1) is 0 Å². The summed E-state index contributed by atoms with van der Waals surface area (Å²) in [5.74, 6) is -0.858. The van der Waals surface area contributed by atoms with Gasteiger partial charge in [-0.25, -0.2) is 15.0 Å². The smallest absolute Gasteiger partial charge is 0.343 e. The van der Waals surface area contributed by atoms with Gasteiger partial charge in [-0.2, -0.15) is 5.10 Å². The van der Waals surface area contributed by atoms with E-state index in [0.717, 1.165) is 5.56 Å². The van der Waals surface area contributed by atoms with Gasteiger partial charge < -0.3 is 29.0 Å². The molecule has 0 heterocycles. The van der Waals surface area contributed by atoms with Gasteiger partial charge in [-0.3, -0.25) is 9.59 Å². The minimum absolute atomic E-state index is 0.157. The first-order chi connectivity index (χ1) is 25.7. The van der Waals surface area contributed by atoms with E-state index in [9.17, 15) is 19.2 Å². The summed E-state index contributed by atoms with van der Waals surface area (Å²) in [6.07, 6.45) is 3.99. The Morgan fingerprint density at radius 3 is 1.89 bits per heavy atom. The number of hydrogen-bond donors (Lipinski definition) is 2. The summed E-state index contributed by atoms with van der Waals surface area (Å²) in [6.45, 7) is 1.91. The molecular formula is C41H35N3O9. The molecule has 53 heavy (non-hydrogen) atoms. The van der Waals surface area contributed by atoms with Crippen molar-refractivity contribution >= 4 is 41.7 Å². The van der Waals surface area contributed by atoms with E-state index in [1.807, 2.05) is 19.1 Å². The lowest BCUT2D eigenvalue weighted by molar-refractivity contribution is -0.128. The number of carbonyl (C=O) groups is 4. The summed E-state index contributed by atoms with van der Waals surface area (Å²) in [6, 6.07) is 29.8. The number of nitrogens with one attached hydrogen (secondary N) is 2. The molecule has 0 spiro atoms. The molecule has 2 amide bonds. The molecule has 268 valence electrons. The Labute approximate surface area is 305 Å². The lowest BCUT2D eigenvalue weighted by atomic mass is 10.1. The molecule has 0 saturated carbocycles. The Morgan fingerprint density at radius 2 is 1.25 bits per heavy atom. The van der Waals surface area contributed by atoms with Crippen LogP contribution in [0, 0.1) is 6.92 Å². The average molecular weight is 714 g/mol. The molecule has 0 saturated heterocycles. The lowest BCUT2D eigenvalue weighted by Crippen LogP contribution is -2.18. The normalized spacial score (nSPS) is 10.8. The van der Waals surface area contributed by atoms with Gasteiger partial charge in [0.25, 0.3) is 11.8 Å². The number of ether oxygens (including phenoxy) is 5. The number of methoxy groups -OCH3 is 3. The molecule has 0 aliphatic heterocycles. The first-order valence-corrected chi connectivity index (χ1v) is 16.1. The number of anilines is 1. The molecular weight excluding hydrogens is 678 g/mol. The number of benzene rings is 5. The fourth-order valence-electron chi connectivity index (χ4n) is 4.97. The Kier molecular flexibility index (Phi) is 12.3. The van der Waals surface area contributed by atoms with Crippen LogP contribution in [-0.2, 0) is 4.79 Å². The molecule has 5 aromatic carbocycles. The van der Waals surface area contributed by atoms with Gasteiger partial charge >= 0.3 is 11.9 Å². The highest BCUT2D eigenvalue weighted by Gasteiger charge is 2.19. The van der Waals surface area contributed by atoms with Gasteiger partial charge in [0.1, 0.15) is 11.5 Å². The molecule has 0 bridgehead atoms. The fraction of sp³-hybridized carbons (Fsp3) is 0.0976. The molecule has 0 aromatic heterocycles. The van der Waals surface area contributed by atoms with Crippen molar-refractivity contribution in [2.45, 2.75) is 6.92 Å². The molecule has 12 heteroatoms. The van der Waals surface area contributed by atoms with Crippen LogP contribution in [0.1, 0.15) is 47.8 Å². The lowest BCUT2D eigenvalue weighted by Gasteiger charge is -2.14. The first-order valence-electron chi connectivity index (χ1n) is 16.1. The Morgan fingerprint density at radius 1 is 0.604 bits per heavy atom. The fourth-order valence-corrected chi connectivity index (χ4v) is 4.97. The highest BCUT2D eigenvalue weighted by Crippen LogP contribution is 2.38. The number of nitrogens with zero attached hydrogens (tertiary/aromatic N) is 1. The molecule has 5 aromatic rings. The van der Waals surface area contributed by atoms with Gasteiger partial charge in [0, 0.05) is 34.0 Å². The van der Waals surface area contributed by atoms with E-state index in [1.54, 1.807) is 84.9 Å². The van der Waals surface area contributed by atoms with Crippen molar-refractivity contribution in [1.82, 2.24) is 5.43 Å². The standard InChI is InChI=1S/C41H35N3O9/c1-26-10-9-13-29(22-26)39(46)43-32-19-16-28(17-20-32)40(47)44-42-25-30-12-6-8-15-34(30)52-37(45)21-18-27-11-5-7-14-33(27)53-41(48)31-23-35(49-2)38(51-4)36(24-31)50-3/h5-25H,1-4H3,(H,43,46)(H,44,47)/b21-18+,42-25+. The summed E-state index contributed by atoms with van der Waals surface area (Å²) < 4.78 is 27.2. The number of carbonyl (C=O) groups excluding carboxylic acids is 4. The molecule has 0 aliphatic rings. The summed E-state index contributed by atoms with van der Waals surface area (Å²) in [5.41, 5.74) is 5.80. The molecule has 5 rings (SSSR count). The molecule has 0 fully saturated rings. The van der Waals surface area contributed by atoms with Crippen molar-refractivity contribution in [3.8, 4) is 28.7 Å². The molecule has 0 aliphatic carbocycles. The second kappa shape index (κ2) is 17.6. The van der Waals surface area contributed by atoms with Crippen molar-refractivity contribution in [2.75, 3.05) is 26.6 Å². The Hall–Kier alpha value is -7.21. The third-order valence-electron chi connectivity index (χ3n) is 7.61. The van der Waals surface area contributed by atoms with Crippen LogP contribution < -0.4 is 34.4 Å². The van der Waals surface area contributed by atoms with Crippen LogP contribution in [0.3, 0.4) is 0 Å². The summed E-state index contributed by atoms with van der Waals surface area (Å²) in [5, 5.41) is 6.82. The third kappa shape index (κ3) is 9.73. The van der Waals surface area contributed by atoms with Gasteiger partial charge in [0.15, 0.2) is 11.5 Å². The molecule has 2 N–H and O–H groups in total. The molecule has 12 nitrogen and oxygen atoms in total. The first kappa shape index (κ1) is 37.1. The van der Waals surface area contributed by atoms with E-state index in [4.69, 9.17) is 23.7 Å². The number of amides is 2. The van der Waals surface area contributed by atoms with Crippen LogP contribution in [0.25, 0.3) is 6.08 Å². The number of para-hydroxylation sites is 2. The van der Waals surface area contributed by atoms with E-state index in [0.29, 0.717) is 33.7 Å².